The lowest BCUT2D eigenvalue weighted by Crippen LogP contribution is -2.49. The minimum absolute atomic E-state index is 0.00704. The Balaban J connectivity index is 2.35. The van der Waals surface area contributed by atoms with Gasteiger partial charge in [0.1, 0.15) is 0 Å². The van der Waals surface area contributed by atoms with Crippen LogP contribution in [0.25, 0.3) is 0 Å². The summed E-state index contributed by atoms with van der Waals surface area (Å²) in [5.74, 6) is -0.00704. The van der Waals surface area contributed by atoms with E-state index in [4.69, 9.17) is 5.11 Å². The number of carbonyl (C=O) groups is 2. The molecule has 0 radical (unpaired) electrons. The number of hydrogen-bond donors (Lipinski definition) is 1. The second kappa shape index (κ2) is 1.47. The number of rotatable bonds is 0. The number of nitrogens with zero attached hydrogens (tertiary/aromatic N) is 1. The highest BCUT2D eigenvalue weighted by atomic mass is 16.4. The lowest BCUT2D eigenvalue weighted by Gasteiger charge is -2.25. The summed E-state index contributed by atoms with van der Waals surface area (Å²) in [5, 5.41) is 8.12. The first-order chi connectivity index (χ1) is 3.70. The summed E-state index contributed by atoms with van der Waals surface area (Å²) in [5.41, 5.74) is 0. The number of carbonyl (C=O) groups excluding carboxylic acids is 1. The molecule has 0 atom stereocenters. The van der Waals surface area contributed by atoms with Crippen molar-refractivity contribution in [1.82, 2.24) is 4.90 Å². The van der Waals surface area contributed by atoms with Gasteiger partial charge in [0.15, 0.2) is 5.78 Å². The summed E-state index contributed by atoms with van der Waals surface area (Å²) in [6.45, 7) is 0.157. The molecule has 0 saturated carbocycles. The van der Waals surface area contributed by atoms with Gasteiger partial charge in [-0.2, -0.15) is 0 Å². The zero-order valence-corrected chi connectivity index (χ0v) is 4.13. The lowest BCUT2D eigenvalue weighted by atomic mass is 10.2. The monoisotopic (exact) mass is 115 g/mol. The fourth-order valence-corrected chi connectivity index (χ4v) is 0.515. The Morgan fingerprint density at radius 1 is 1.62 bits per heavy atom. The summed E-state index contributed by atoms with van der Waals surface area (Å²) >= 11 is 0. The van der Waals surface area contributed by atoms with Gasteiger partial charge in [0.2, 0.25) is 0 Å². The second-order valence-corrected chi connectivity index (χ2v) is 1.68. The quantitative estimate of drug-likeness (QED) is 0.465. The summed E-state index contributed by atoms with van der Waals surface area (Å²) in [7, 11) is 0. The van der Waals surface area contributed by atoms with E-state index in [9.17, 15) is 9.59 Å². The summed E-state index contributed by atoms with van der Waals surface area (Å²) in [6, 6.07) is 0. The number of carboxylic acid groups (broad SMARTS) is 1. The van der Waals surface area contributed by atoms with Crippen molar-refractivity contribution < 1.29 is 14.7 Å². The van der Waals surface area contributed by atoms with Gasteiger partial charge in [-0.3, -0.25) is 9.69 Å². The van der Waals surface area contributed by atoms with E-state index < -0.39 is 6.09 Å². The molecule has 1 rings (SSSR count). The maximum Gasteiger partial charge on any atom is 0.408 e. The van der Waals surface area contributed by atoms with Gasteiger partial charge < -0.3 is 5.11 Å². The zero-order valence-electron chi connectivity index (χ0n) is 4.13. The molecule has 0 spiro atoms. The molecule has 4 nitrogen and oxygen atoms in total. The van der Waals surface area contributed by atoms with E-state index >= 15 is 0 Å². The average molecular weight is 115 g/mol. The molecule has 1 aliphatic rings. The molecule has 1 N–H and O–H groups in total. The number of ketones is 1. The molecule has 0 unspecified atom stereocenters. The Morgan fingerprint density at radius 2 is 2.12 bits per heavy atom. The lowest BCUT2D eigenvalue weighted by molar-refractivity contribution is -0.127. The fraction of sp³-hybridized carbons (Fsp3) is 0.500. The molecule has 1 aliphatic heterocycles. The highest BCUT2D eigenvalue weighted by Crippen LogP contribution is 2.00. The number of likely N-dealkylation sites (tertiary alicyclic amines) is 1. The summed E-state index contributed by atoms with van der Waals surface area (Å²) in [4.78, 5) is 21.1. The molecule has 4 heteroatoms. The smallest absolute Gasteiger partial charge is 0.408 e. The molecule has 0 aromatic carbocycles. The Morgan fingerprint density at radius 3 is 2.25 bits per heavy atom. The Hall–Kier alpha value is -1.06. The van der Waals surface area contributed by atoms with Crippen LogP contribution < -0.4 is 0 Å². The Labute approximate surface area is 45.7 Å². The molecular formula is C4H5NO3. The number of hydrogen-bond acceptors (Lipinski definition) is 2. The molecule has 0 bridgehead atoms. The van der Waals surface area contributed by atoms with Gasteiger partial charge in [0.05, 0.1) is 13.1 Å². The topological polar surface area (TPSA) is 57.6 Å². The number of Topliss-reactive ketones (excluding diaryl/α,β-unsaturated/α-hetero) is 1. The van der Waals surface area contributed by atoms with Crippen molar-refractivity contribution in [3.63, 3.8) is 0 Å². The maximum absolute atomic E-state index is 10.1. The minimum Gasteiger partial charge on any atom is -0.465 e. The van der Waals surface area contributed by atoms with E-state index in [-0.39, 0.29) is 18.9 Å². The fourth-order valence-electron chi connectivity index (χ4n) is 0.515. The highest BCUT2D eigenvalue weighted by Gasteiger charge is 2.27. The Kier molecular flexibility index (Phi) is 0.932. The van der Waals surface area contributed by atoms with E-state index in [0.29, 0.717) is 0 Å². The van der Waals surface area contributed by atoms with Crippen LogP contribution in [0.15, 0.2) is 0 Å². The van der Waals surface area contributed by atoms with Crippen LogP contribution in [-0.4, -0.2) is 35.0 Å². The van der Waals surface area contributed by atoms with Crippen molar-refractivity contribution >= 4 is 11.9 Å². The summed E-state index contributed by atoms with van der Waals surface area (Å²) < 4.78 is 0. The van der Waals surface area contributed by atoms with E-state index in [1.165, 1.54) is 0 Å². The molecule has 0 aliphatic carbocycles. The first-order valence-corrected chi connectivity index (χ1v) is 2.20. The van der Waals surface area contributed by atoms with Crippen molar-refractivity contribution in [2.24, 2.45) is 0 Å². The van der Waals surface area contributed by atoms with Crippen LogP contribution in [-0.2, 0) is 4.79 Å². The standard InChI is InChI=1S/C4H5NO3/c6-3-1-5(2-3)4(7)8/h1-2H2,(H,7,8). The largest absolute Gasteiger partial charge is 0.465 e. The van der Waals surface area contributed by atoms with Crippen LogP contribution in [0, 0.1) is 0 Å². The molecule has 1 saturated heterocycles. The van der Waals surface area contributed by atoms with Crippen molar-refractivity contribution in [3.05, 3.63) is 0 Å². The van der Waals surface area contributed by atoms with Crippen molar-refractivity contribution in [2.45, 2.75) is 0 Å². The molecule has 0 aromatic heterocycles. The normalized spacial score (nSPS) is 18.0. The molecule has 1 fully saturated rings. The van der Waals surface area contributed by atoms with E-state index in [2.05, 4.69) is 0 Å². The van der Waals surface area contributed by atoms with Crippen molar-refractivity contribution in [2.75, 3.05) is 13.1 Å². The first-order valence-electron chi connectivity index (χ1n) is 2.20. The molecule has 44 valence electrons. The average Bonchev–Trinajstić information content (AvgIpc) is 1.57. The first kappa shape index (κ1) is 5.08. The van der Waals surface area contributed by atoms with Crippen LogP contribution in [0.4, 0.5) is 4.79 Å². The third-order valence-corrected chi connectivity index (χ3v) is 1.00. The van der Waals surface area contributed by atoms with Gasteiger partial charge in [-0.15, -0.1) is 0 Å². The predicted octanol–water partition coefficient (Wildman–Crippen LogP) is -0.451. The van der Waals surface area contributed by atoms with E-state index in [1.54, 1.807) is 0 Å². The van der Waals surface area contributed by atoms with E-state index in [1.807, 2.05) is 0 Å². The molecule has 0 aromatic rings. The minimum atomic E-state index is -1.01. The van der Waals surface area contributed by atoms with Crippen molar-refractivity contribution in [3.8, 4) is 0 Å². The zero-order chi connectivity index (χ0) is 6.15. The van der Waals surface area contributed by atoms with Crippen molar-refractivity contribution in [1.29, 1.82) is 0 Å². The molecule has 1 amide bonds. The third-order valence-electron chi connectivity index (χ3n) is 1.00. The third kappa shape index (κ3) is 0.641. The van der Waals surface area contributed by atoms with Crippen LogP contribution in [0.1, 0.15) is 0 Å². The second-order valence-electron chi connectivity index (χ2n) is 1.68. The molecule has 8 heavy (non-hydrogen) atoms. The van der Waals surface area contributed by atoms with Crippen LogP contribution in [0.5, 0.6) is 0 Å². The van der Waals surface area contributed by atoms with Crippen LogP contribution in [0.3, 0.4) is 0 Å². The molecule has 1 heterocycles. The Bertz CT molecular complexity index is 134. The highest BCUT2D eigenvalue weighted by molar-refractivity contribution is 5.93. The van der Waals surface area contributed by atoms with Crippen LogP contribution >= 0.6 is 0 Å². The van der Waals surface area contributed by atoms with Gasteiger partial charge in [-0.25, -0.2) is 4.79 Å². The van der Waals surface area contributed by atoms with Gasteiger partial charge in [-0.05, 0) is 0 Å². The van der Waals surface area contributed by atoms with Gasteiger partial charge in [-0.1, -0.05) is 0 Å². The van der Waals surface area contributed by atoms with Gasteiger partial charge in [0, 0.05) is 0 Å². The number of amides is 1. The molecular weight excluding hydrogens is 110 g/mol. The summed E-state index contributed by atoms with van der Waals surface area (Å²) in [6.07, 6.45) is -1.01. The van der Waals surface area contributed by atoms with Gasteiger partial charge in [0.25, 0.3) is 0 Å². The van der Waals surface area contributed by atoms with Crippen LogP contribution in [0.2, 0.25) is 0 Å². The predicted molar refractivity (Wildman–Crippen MR) is 24.6 cm³/mol. The maximum atomic E-state index is 10.1. The van der Waals surface area contributed by atoms with Gasteiger partial charge >= 0.3 is 6.09 Å². The van der Waals surface area contributed by atoms with E-state index in [0.717, 1.165) is 4.90 Å². The SMILES string of the molecule is O=C1CN(C(=O)O)C1.